The van der Waals surface area contributed by atoms with Gasteiger partial charge in [-0.05, 0) is 75.7 Å². The average Bonchev–Trinajstić information content (AvgIpc) is 2.62. The lowest BCUT2D eigenvalue weighted by atomic mass is 10.1. The van der Waals surface area contributed by atoms with Crippen molar-refractivity contribution in [2.75, 3.05) is 5.32 Å². The summed E-state index contributed by atoms with van der Waals surface area (Å²) in [5, 5.41) is 4.57. The predicted octanol–water partition coefficient (Wildman–Crippen LogP) is 5.17. The minimum absolute atomic E-state index is 0.00449. The smallest absolute Gasteiger partial charge is 0.237 e. The van der Waals surface area contributed by atoms with Crippen LogP contribution >= 0.6 is 11.8 Å². The first-order valence-electron chi connectivity index (χ1n) is 8.80. The van der Waals surface area contributed by atoms with Crippen LogP contribution in [-0.4, -0.2) is 21.9 Å². The summed E-state index contributed by atoms with van der Waals surface area (Å²) in [6.07, 6.45) is 0. The third kappa shape index (κ3) is 4.55. The van der Waals surface area contributed by atoms with Gasteiger partial charge in [0, 0.05) is 16.6 Å². The third-order valence-corrected chi connectivity index (χ3v) is 5.54. The second kappa shape index (κ2) is 7.92. The molecule has 1 N–H and O–H groups in total. The molecular weight excluding hydrogens is 356 g/mol. The number of hydrogen-bond donors (Lipinski definition) is 1. The largest absolute Gasteiger partial charge is 0.325 e. The van der Waals surface area contributed by atoms with Crippen LogP contribution in [0.2, 0.25) is 0 Å². The summed E-state index contributed by atoms with van der Waals surface area (Å²) in [6.45, 7) is 7.46. The van der Waals surface area contributed by atoms with Gasteiger partial charge in [0.05, 0.1) is 10.8 Å². The Bertz CT molecular complexity index is 1010. The number of aromatic nitrogens is 1. The Balaban J connectivity index is 1.72. The lowest BCUT2D eigenvalue weighted by Gasteiger charge is -2.14. The molecule has 1 heterocycles. The van der Waals surface area contributed by atoms with Crippen molar-refractivity contribution in [3.8, 4) is 0 Å². The van der Waals surface area contributed by atoms with E-state index in [0.29, 0.717) is 11.3 Å². The Morgan fingerprint density at radius 1 is 1.04 bits per heavy atom. The van der Waals surface area contributed by atoms with Gasteiger partial charge in [0.2, 0.25) is 5.91 Å². The van der Waals surface area contributed by atoms with E-state index >= 15 is 0 Å². The third-order valence-electron chi connectivity index (χ3n) is 4.33. The van der Waals surface area contributed by atoms with Crippen LogP contribution in [0.4, 0.5) is 5.69 Å². The van der Waals surface area contributed by atoms with Gasteiger partial charge in [-0.3, -0.25) is 9.59 Å². The van der Waals surface area contributed by atoms with E-state index in [2.05, 4.69) is 24.4 Å². The number of ketones is 1. The van der Waals surface area contributed by atoms with Crippen molar-refractivity contribution in [2.45, 2.75) is 38.0 Å². The fourth-order valence-corrected chi connectivity index (χ4v) is 3.65. The molecule has 0 aliphatic heterocycles. The Kier molecular flexibility index (Phi) is 5.61. The number of benzene rings is 2. The normalized spacial score (nSPS) is 12.0. The van der Waals surface area contributed by atoms with Crippen molar-refractivity contribution in [2.24, 2.45) is 0 Å². The van der Waals surface area contributed by atoms with Crippen LogP contribution in [0.3, 0.4) is 0 Å². The van der Waals surface area contributed by atoms with Crippen LogP contribution in [0, 0.1) is 13.8 Å². The fourth-order valence-electron chi connectivity index (χ4n) is 2.76. The molecule has 0 saturated heterocycles. The van der Waals surface area contributed by atoms with Gasteiger partial charge in [-0.25, -0.2) is 4.98 Å². The number of fused-ring (bicyclic) bond motifs is 1. The van der Waals surface area contributed by atoms with Crippen molar-refractivity contribution < 1.29 is 9.59 Å². The Morgan fingerprint density at radius 3 is 2.41 bits per heavy atom. The number of aryl methyl sites for hydroxylation is 2. The molecule has 27 heavy (non-hydrogen) atoms. The monoisotopic (exact) mass is 378 g/mol. The maximum absolute atomic E-state index is 12.5. The van der Waals surface area contributed by atoms with Crippen LogP contribution in [-0.2, 0) is 4.79 Å². The maximum atomic E-state index is 12.5. The molecule has 2 aromatic carbocycles. The molecule has 3 rings (SSSR count). The van der Waals surface area contributed by atoms with E-state index in [9.17, 15) is 9.59 Å². The van der Waals surface area contributed by atoms with E-state index in [0.717, 1.165) is 21.5 Å². The highest BCUT2D eigenvalue weighted by molar-refractivity contribution is 8.00. The average molecular weight is 378 g/mol. The molecule has 0 radical (unpaired) electrons. The summed E-state index contributed by atoms with van der Waals surface area (Å²) < 4.78 is 0. The molecule has 0 aliphatic rings. The summed E-state index contributed by atoms with van der Waals surface area (Å²) in [5.74, 6) is -0.0920. The van der Waals surface area contributed by atoms with Gasteiger partial charge in [0.1, 0.15) is 5.03 Å². The first-order valence-corrected chi connectivity index (χ1v) is 9.68. The second-order valence-electron chi connectivity index (χ2n) is 6.69. The van der Waals surface area contributed by atoms with Gasteiger partial charge in [0.25, 0.3) is 0 Å². The quantitative estimate of drug-likeness (QED) is 0.491. The van der Waals surface area contributed by atoms with Crippen molar-refractivity contribution in [1.82, 2.24) is 4.98 Å². The van der Waals surface area contributed by atoms with Crippen molar-refractivity contribution >= 4 is 40.0 Å². The molecule has 0 bridgehead atoms. The Hall–Kier alpha value is -2.66. The summed E-state index contributed by atoms with van der Waals surface area (Å²) in [6, 6.07) is 15.2. The summed E-state index contributed by atoms with van der Waals surface area (Å²) in [7, 11) is 0. The lowest BCUT2D eigenvalue weighted by Crippen LogP contribution is -2.22. The fraction of sp³-hybridized carbons (Fsp3) is 0.227. The number of pyridine rings is 1. The molecule has 0 aliphatic carbocycles. The molecule has 0 fully saturated rings. The summed E-state index contributed by atoms with van der Waals surface area (Å²) in [4.78, 5) is 28.6. The number of anilines is 1. The highest BCUT2D eigenvalue weighted by atomic mass is 32.2. The zero-order chi connectivity index (χ0) is 19.6. The molecule has 1 aromatic heterocycles. The topological polar surface area (TPSA) is 59.1 Å². The van der Waals surface area contributed by atoms with Gasteiger partial charge < -0.3 is 5.32 Å². The Morgan fingerprint density at radius 2 is 1.74 bits per heavy atom. The van der Waals surface area contributed by atoms with Gasteiger partial charge in [-0.15, -0.1) is 0 Å². The van der Waals surface area contributed by atoms with Gasteiger partial charge >= 0.3 is 0 Å². The molecule has 0 saturated carbocycles. The number of Topliss-reactive ketones (excluding diaryl/α,β-unsaturated/α-hetero) is 1. The minimum Gasteiger partial charge on any atom is -0.325 e. The molecule has 138 valence electrons. The van der Waals surface area contributed by atoms with Crippen LogP contribution in [0.15, 0.2) is 53.6 Å². The molecule has 0 spiro atoms. The molecule has 0 unspecified atom stereocenters. The van der Waals surface area contributed by atoms with E-state index in [1.54, 1.807) is 24.3 Å². The van der Waals surface area contributed by atoms with E-state index in [1.165, 1.54) is 24.2 Å². The van der Waals surface area contributed by atoms with E-state index in [-0.39, 0.29) is 16.9 Å². The SMILES string of the molecule is CC(=O)c1ccc(NC(=O)[C@H](C)Sc2nc3ccc(C)cc3cc2C)cc1. The standard InChI is InChI=1S/C22H22N2O2S/c1-13-5-10-20-18(11-13)12-14(2)22(24-20)27-16(4)21(26)23-19-8-6-17(7-9-19)15(3)25/h5-12,16H,1-4H3,(H,23,26)/t16-/m0/s1. The number of hydrogen-bond acceptors (Lipinski definition) is 4. The van der Waals surface area contributed by atoms with Crippen LogP contribution < -0.4 is 5.32 Å². The van der Waals surface area contributed by atoms with E-state index in [1.807, 2.05) is 26.0 Å². The predicted molar refractivity (Wildman–Crippen MR) is 112 cm³/mol. The first kappa shape index (κ1) is 19.1. The van der Waals surface area contributed by atoms with Gasteiger partial charge in [0.15, 0.2) is 5.78 Å². The molecular formula is C22H22N2O2S. The second-order valence-corrected chi connectivity index (χ2v) is 8.02. The van der Waals surface area contributed by atoms with Crippen molar-refractivity contribution in [3.05, 3.63) is 65.2 Å². The molecule has 4 nitrogen and oxygen atoms in total. The number of carbonyl (C=O) groups is 2. The van der Waals surface area contributed by atoms with E-state index < -0.39 is 0 Å². The number of thioether (sulfide) groups is 1. The van der Waals surface area contributed by atoms with E-state index in [4.69, 9.17) is 4.98 Å². The first-order chi connectivity index (χ1) is 12.8. The van der Waals surface area contributed by atoms with Crippen LogP contribution in [0.1, 0.15) is 35.3 Å². The zero-order valence-corrected chi connectivity index (χ0v) is 16.7. The molecule has 1 amide bonds. The molecule has 3 aromatic rings. The van der Waals surface area contributed by atoms with Crippen molar-refractivity contribution in [3.63, 3.8) is 0 Å². The van der Waals surface area contributed by atoms with Crippen LogP contribution in [0.25, 0.3) is 10.9 Å². The highest BCUT2D eigenvalue weighted by Crippen LogP contribution is 2.28. The number of nitrogens with one attached hydrogen (secondary N) is 1. The van der Waals surface area contributed by atoms with Crippen LogP contribution in [0.5, 0.6) is 0 Å². The zero-order valence-electron chi connectivity index (χ0n) is 15.9. The van der Waals surface area contributed by atoms with Gasteiger partial charge in [-0.1, -0.05) is 23.4 Å². The summed E-state index contributed by atoms with van der Waals surface area (Å²) in [5.41, 5.74) is 4.50. The van der Waals surface area contributed by atoms with Gasteiger partial charge in [-0.2, -0.15) is 0 Å². The number of amides is 1. The maximum Gasteiger partial charge on any atom is 0.237 e. The van der Waals surface area contributed by atoms with Crippen molar-refractivity contribution in [1.29, 1.82) is 0 Å². The number of nitrogens with zero attached hydrogens (tertiary/aromatic N) is 1. The highest BCUT2D eigenvalue weighted by Gasteiger charge is 2.17. The number of carbonyl (C=O) groups excluding carboxylic acids is 2. The molecule has 5 heteroatoms. The lowest BCUT2D eigenvalue weighted by molar-refractivity contribution is -0.115. The summed E-state index contributed by atoms with van der Waals surface area (Å²) >= 11 is 1.45. The molecule has 1 atom stereocenters. The minimum atomic E-state index is -0.299. The number of rotatable bonds is 5. The Labute approximate surface area is 163 Å².